The van der Waals surface area contributed by atoms with Crippen LogP contribution >= 0.6 is 0 Å². The minimum absolute atomic E-state index is 0. The molecular weight excluding hydrogens is 214 g/mol. The summed E-state index contributed by atoms with van der Waals surface area (Å²) in [5.41, 5.74) is 6.02. The Morgan fingerprint density at radius 1 is 1.40 bits per heavy atom. The summed E-state index contributed by atoms with van der Waals surface area (Å²) >= 11 is 0. The monoisotopic (exact) mass is 229 g/mol. The van der Waals surface area contributed by atoms with Crippen molar-refractivity contribution >= 4 is 5.97 Å². The van der Waals surface area contributed by atoms with Crippen molar-refractivity contribution in [2.24, 2.45) is 0 Å². The molecule has 15 heavy (non-hydrogen) atoms. The second-order valence-corrected chi connectivity index (χ2v) is 3.49. The number of carboxylic acids is 1. The third kappa shape index (κ3) is 4.32. The molecule has 0 spiro atoms. The van der Waals surface area contributed by atoms with E-state index in [1.165, 1.54) is 5.56 Å². The number of carbonyl (C=O) groups is 1. The Morgan fingerprint density at radius 3 is 2.33 bits per heavy atom. The predicted octanol–water partition coefficient (Wildman–Crippen LogP) is -2.20. The van der Waals surface area contributed by atoms with E-state index in [9.17, 15) is 4.79 Å². The molecule has 0 aliphatic heterocycles. The van der Waals surface area contributed by atoms with Crippen LogP contribution in [0.5, 0.6) is 0 Å². The normalized spacial score (nSPS) is 11.6. The van der Waals surface area contributed by atoms with Crippen molar-refractivity contribution in [2.75, 3.05) is 6.54 Å². The molecule has 0 fully saturated rings. The van der Waals surface area contributed by atoms with E-state index < -0.39 is 5.97 Å². The number of aliphatic carboxylic acids is 1. The zero-order chi connectivity index (χ0) is 10.6. The van der Waals surface area contributed by atoms with Gasteiger partial charge in [-0.3, -0.25) is 4.79 Å². The van der Waals surface area contributed by atoms with Gasteiger partial charge in [0, 0.05) is 5.92 Å². The average molecular weight is 230 g/mol. The van der Waals surface area contributed by atoms with Crippen LogP contribution in [0.15, 0.2) is 24.3 Å². The molecule has 0 aliphatic rings. The summed E-state index contributed by atoms with van der Waals surface area (Å²) in [5, 5.41) is 8.70. The average Bonchev–Trinajstić information content (AvgIpc) is 2.15. The van der Waals surface area contributed by atoms with E-state index in [0.29, 0.717) is 6.54 Å². The van der Waals surface area contributed by atoms with Gasteiger partial charge in [-0.1, -0.05) is 29.8 Å². The molecule has 4 N–H and O–H groups in total. The zero-order valence-electron chi connectivity index (χ0n) is 8.74. The summed E-state index contributed by atoms with van der Waals surface area (Å²) in [7, 11) is 0. The number of rotatable bonds is 4. The van der Waals surface area contributed by atoms with E-state index >= 15 is 0 Å². The second-order valence-electron chi connectivity index (χ2n) is 3.49. The minimum Gasteiger partial charge on any atom is -1.00 e. The molecule has 0 heterocycles. The molecule has 84 valence electrons. The Bertz CT molecular complexity index is 311. The maximum absolute atomic E-state index is 10.6. The number of aryl methyl sites for hydroxylation is 1. The molecule has 1 aromatic carbocycles. The van der Waals surface area contributed by atoms with Crippen molar-refractivity contribution < 1.29 is 28.0 Å². The van der Waals surface area contributed by atoms with Crippen LogP contribution in [0, 0.1) is 6.92 Å². The van der Waals surface area contributed by atoms with Gasteiger partial charge >= 0.3 is 5.97 Å². The summed E-state index contributed by atoms with van der Waals surface area (Å²) in [6, 6.07) is 7.96. The maximum Gasteiger partial charge on any atom is 0.304 e. The second kappa shape index (κ2) is 6.43. The van der Waals surface area contributed by atoms with Gasteiger partial charge in [0.1, 0.15) is 0 Å². The quantitative estimate of drug-likeness (QED) is 0.616. The molecule has 1 unspecified atom stereocenters. The highest BCUT2D eigenvalue weighted by Gasteiger charge is 2.15. The topological polar surface area (TPSA) is 64.9 Å². The lowest BCUT2D eigenvalue weighted by Gasteiger charge is -2.10. The lowest BCUT2D eigenvalue weighted by molar-refractivity contribution is -0.372. The molecule has 0 bridgehead atoms. The third-order valence-corrected chi connectivity index (χ3v) is 2.32. The predicted molar refractivity (Wildman–Crippen MR) is 53.9 cm³/mol. The number of carboxylic acid groups (broad SMARTS) is 1. The van der Waals surface area contributed by atoms with Crippen LogP contribution in [-0.4, -0.2) is 17.6 Å². The number of benzene rings is 1. The van der Waals surface area contributed by atoms with Crippen LogP contribution < -0.4 is 18.1 Å². The van der Waals surface area contributed by atoms with Gasteiger partial charge in [-0.05, 0) is 12.5 Å². The summed E-state index contributed by atoms with van der Waals surface area (Å²) in [6.07, 6.45) is 0.159. The highest BCUT2D eigenvalue weighted by molar-refractivity contribution is 5.68. The van der Waals surface area contributed by atoms with E-state index in [1.54, 1.807) is 0 Å². The Kier molecular flexibility index (Phi) is 5.97. The number of halogens is 1. The Labute approximate surface area is 95.7 Å². The van der Waals surface area contributed by atoms with Crippen LogP contribution in [0.4, 0.5) is 0 Å². The molecule has 0 saturated heterocycles. The van der Waals surface area contributed by atoms with Crippen molar-refractivity contribution in [1.29, 1.82) is 0 Å². The number of hydrogen-bond acceptors (Lipinski definition) is 1. The van der Waals surface area contributed by atoms with E-state index in [2.05, 4.69) is 5.73 Å². The van der Waals surface area contributed by atoms with Gasteiger partial charge < -0.3 is 23.2 Å². The van der Waals surface area contributed by atoms with Crippen LogP contribution in [0.1, 0.15) is 23.5 Å². The van der Waals surface area contributed by atoms with Gasteiger partial charge in [0.2, 0.25) is 0 Å². The maximum atomic E-state index is 10.6. The van der Waals surface area contributed by atoms with Gasteiger partial charge in [-0.15, -0.1) is 0 Å². The van der Waals surface area contributed by atoms with Crippen LogP contribution in [0.3, 0.4) is 0 Å². The molecule has 1 aromatic rings. The Balaban J connectivity index is 0.00000196. The fourth-order valence-electron chi connectivity index (χ4n) is 1.44. The third-order valence-electron chi connectivity index (χ3n) is 2.32. The molecule has 3 nitrogen and oxygen atoms in total. The zero-order valence-corrected chi connectivity index (χ0v) is 9.50. The largest absolute Gasteiger partial charge is 1.00 e. The highest BCUT2D eigenvalue weighted by Crippen LogP contribution is 2.18. The van der Waals surface area contributed by atoms with Gasteiger partial charge in [0.05, 0.1) is 13.0 Å². The summed E-state index contributed by atoms with van der Waals surface area (Å²) < 4.78 is 0. The first kappa shape index (κ1) is 13.9. The number of hydrogen-bond donors (Lipinski definition) is 2. The van der Waals surface area contributed by atoms with Crippen molar-refractivity contribution in [3.8, 4) is 0 Å². The molecule has 1 rings (SSSR count). The van der Waals surface area contributed by atoms with E-state index in [-0.39, 0.29) is 24.7 Å². The summed E-state index contributed by atoms with van der Waals surface area (Å²) in [5.74, 6) is -0.729. The van der Waals surface area contributed by atoms with Gasteiger partial charge in [0.25, 0.3) is 0 Å². The van der Waals surface area contributed by atoms with Crippen molar-refractivity contribution in [3.05, 3.63) is 35.4 Å². The lowest BCUT2D eigenvalue weighted by Crippen LogP contribution is -3.00. The van der Waals surface area contributed by atoms with E-state index in [4.69, 9.17) is 5.11 Å². The molecule has 0 aromatic heterocycles. The molecule has 0 aliphatic carbocycles. The molecule has 0 radical (unpaired) electrons. The minimum atomic E-state index is -0.765. The van der Waals surface area contributed by atoms with Crippen LogP contribution in [0.2, 0.25) is 0 Å². The van der Waals surface area contributed by atoms with Crippen molar-refractivity contribution in [3.63, 3.8) is 0 Å². The molecule has 0 amide bonds. The number of quaternary nitrogens is 1. The molecule has 4 heteroatoms. The first-order valence-corrected chi connectivity index (χ1v) is 4.71. The Morgan fingerprint density at radius 2 is 1.93 bits per heavy atom. The van der Waals surface area contributed by atoms with Gasteiger partial charge in [0.15, 0.2) is 0 Å². The van der Waals surface area contributed by atoms with Crippen LogP contribution in [-0.2, 0) is 4.79 Å². The van der Waals surface area contributed by atoms with Crippen molar-refractivity contribution in [2.45, 2.75) is 19.3 Å². The first-order valence-electron chi connectivity index (χ1n) is 4.71. The van der Waals surface area contributed by atoms with E-state index in [1.807, 2.05) is 31.2 Å². The molecular formula is C11H16ClNO2. The fraction of sp³-hybridized carbons (Fsp3) is 0.364. The molecule has 0 saturated carbocycles. The first-order chi connectivity index (χ1) is 6.63. The van der Waals surface area contributed by atoms with Gasteiger partial charge in [-0.25, -0.2) is 0 Å². The summed E-state index contributed by atoms with van der Waals surface area (Å²) in [6.45, 7) is 2.63. The SMILES string of the molecule is Cc1ccc(C(C[NH3+])CC(=O)O)cc1.[Cl-]. The van der Waals surface area contributed by atoms with Crippen molar-refractivity contribution in [1.82, 2.24) is 0 Å². The highest BCUT2D eigenvalue weighted by atomic mass is 35.5. The van der Waals surface area contributed by atoms with Gasteiger partial charge in [-0.2, -0.15) is 0 Å². The standard InChI is InChI=1S/C11H15NO2.ClH/c1-8-2-4-9(5-3-8)10(7-12)6-11(13)14;/h2-5,10H,6-7,12H2,1H3,(H,13,14);1H. The molecule has 1 atom stereocenters. The summed E-state index contributed by atoms with van der Waals surface area (Å²) in [4.78, 5) is 10.6. The Hall–Kier alpha value is -1.06. The van der Waals surface area contributed by atoms with E-state index in [0.717, 1.165) is 5.56 Å². The lowest BCUT2D eigenvalue weighted by atomic mass is 9.95. The smallest absolute Gasteiger partial charge is 0.304 e. The van der Waals surface area contributed by atoms with Crippen LogP contribution in [0.25, 0.3) is 0 Å². The fourth-order valence-corrected chi connectivity index (χ4v) is 1.44.